The second-order valence-corrected chi connectivity index (χ2v) is 6.80. The Bertz CT molecular complexity index is 756. The number of carbonyl (C=O) groups is 2. The van der Waals surface area contributed by atoms with Gasteiger partial charge in [-0.15, -0.1) is 0 Å². The molecule has 2 heterocycles. The van der Waals surface area contributed by atoms with E-state index in [0.29, 0.717) is 13.1 Å². The number of nitrogens with one attached hydrogen (secondary N) is 1. The molecule has 1 aromatic carbocycles. The molecule has 27 heavy (non-hydrogen) atoms. The van der Waals surface area contributed by atoms with E-state index in [1.165, 1.54) is 25.5 Å². The normalized spacial score (nSPS) is 13.4. The highest BCUT2D eigenvalue weighted by Gasteiger charge is 2.14. The molecule has 1 aliphatic rings. The molecule has 6 heteroatoms. The summed E-state index contributed by atoms with van der Waals surface area (Å²) in [7, 11) is 0. The minimum absolute atomic E-state index is 0.0663. The molecule has 0 atom stereocenters. The van der Waals surface area contributed by atoms with Gasteiger partial charge in [-0.3, -0.25) is 14.6 Å². The lowest BCUT2D eigenvalue weighted by Gasteiger charge is -2.20. The summed E-state index contributed by atoms with van der Waals surface area (Å²) in [5, 5.41) is 2.91. The van der Waals surface area contributed by atoms with E-state index in [-0.39, 0.29) is 18.2 Å². The van der Waals surface area contributed by atoms with Crippen molar-refractivity contribution in [1.82, 2.24) is 9.88 Å². The number of pyridine rings is 1. The van der Waals surface area contributed by atoms with Gasteiger partial charge in [-0.1, -0.05) is 6.07 Å². The Morgan fingerprint density at radius 3 is 2.48 bits per heavy atom. The Labute approximate surface area is 160 Å². The van der Waals surface area contributed by atoms with E-state index in [0.717, 1.165) is 24.5 Å². The van der Waals surface area contributed by atoms with E-state index in [2.05, 4.69) is 15.2 Å². The first-order valence-corrected chi connectivity index (χ1v) is 9.42. The van der Waals surface area contributed by atoms with E-state index in [1.54, 1.807) is 11.1 Å². The average molecular weight is 366 g/mol. The van der Waals surface area contributed by atoms with Crippen LogP contribution in [0.4, 0.5) is 11.4 Å². The largest absolute Gasteiger partial charge is 0.372 e. The Hall–Kier alpha value is -2.89. The van der Waals surface area contributed by atoms with Gasteiger partial charge >= 0.3 is 0 Å². The van der Waals surface area contributed by atoms with Gasteiger partial charge in [0.25, 0.3) is 0 Å². The minimum Gasteiger partial charge on any atom is -0.372 e. The van der Waals surface area contributed by atoms with Crippen LogP contribution in [-0.4, -0.2) is 41.3 Å². The first-order valence-electron chi connectivity index (χ1n) is 9.42. The van der Waals surface area contributed by atoms with Crippen molar-refractivity contribution in [3.63, 3.8) is 0 Å². The van der Waals surface area contributed by atoms with Crippen molar-refractivity contribution >= 4 is 23.2 Å². The number of benzene rings is 1. The molecule has 0 aliphatic carbocycles. The molecular weight excluding hydrogens is 340 g/mol. The highest BCUT2D eigenvalue weighted by Crippen LogP contribution is 2.22. The van der Waals surface area contributed by atoms with Gasteiger partial charge in [-0.05, 0) is 49.2 Å². The van der Waals surface area contributed by atoms with Crippen LogP contribution in [0.3, 0.4) is 0 Å². The first-order chi connectivity index (χ1) is 13.1. The van der Waals surface area contributed by atoms with Crippen molar-refractivity contribution in [2.24, 2.45) is 0 Å². The number of nitrogens with zero attached hydrogens (tertiary/aromatic N) is 3. The number of aromatic nitrogens is 1. The summed E-state index contributed by atoms with van der Waals surface area (Å²) in [5.41, 5.74) is 2.79. The molecule has 0 radical (unpaired) electrons. The van der Waals surface area contributed by atoms with Crippen molar-refractivity contribution in [3.8, 4) is 0 Å². The van der Waals surface area contributed by atoms with Crippen molar-refractivity contribution in [3.05, 3.63) is 54.4 Å². The predicted octanol–water partition coefficient (Wildman–Crippen LogP) is 3.06. The van der Waals surface area contributed by atoms with Gasteiger partial charge < -0.3 is 15.1 Å². The van der Waals surface area contributed by atoms with E-state index in [1.807, 2.05) is 42.5 Å². The number of anilines is 2. The molecule has 1 aromatic heterocycles. The Morgan fingerprint density at radius 1 is 1.11 bits per heavy atom. The van der Waals surface area contributed by atoms with Crippen LogP contribution >= 0.6 is 0 Å². The van der Waals surface area contributed by atoms with Gasteiger partial charge in [-0.2, -0.15) is 0 Å². The average Bonchev–Trinajstić information content (AvgIpc) is 3.21. The zero-order valence-corrected chi connectivity index (χ0v) is 15.7. The molecule has 1 saturated heterocycles. The fourth-order valence-corrected chi connectivity index (χ4v) is 3.23. The number of amides is 2. The van der Waals surface area contributed by atoms with Crippen LogP contribution in [0, 0.1) is 0 Å². The standard InChI is InChI=1S/C21H26N4O2/c1-17(26)25(16-19-6-2-3-12-22-19)15-11-21(27)23-18-7-9-20(10-8-18)24-13-4-5-14-24/h2-3,6-10,12H,4-5,11,13-16H2,1H3,(H,23,27). The molecule has 0 unspecified atom stereocenters. The molecule has 0 saturated carbocycles. The van der Waals surface area contributed by atoms with Crippen LogP contribution in [-0.2, 0) is 16.1 Å². The SMILES string of the molecule is CC(=O)N(CCC(=O)Nc1ccc(N2CCCC2)cc1)Cc1ccccn1. The van der Waals surface area contributed by atoms with Crippen molar-refractivity contribution in [2.45, 2.75) is 32.7 Å². The third-order valence-electron chi connectivity index (χ3n) is 4.76. The van der Waals surface area contributed by atoms with Crippen LogP contribution in [0.2, 0.25) is 0 Å². The van der Waals surface area contributed by atoms with Crippen molar-refractivity contribution < 1.29 is 9.59 Å². The molecule has 0 spiro atoms. The van der Waals surface area contributed by atoms with Crippen LogP contribution in [0.1, 0.15) is 31.9 Å². The second kappa shape index (κ2) is 9.16. The highest BCUT2D eigenvalue weighted by atomic mass is 16.2. The fourth-order valence-electron chi connectivity index (χ4n) is 3.23. The zero-order chi connectivity index (χ0) is 19.1. The van der Waals surface area contributed by atoms with Crippen LogP contribution in [0.15, 0.2) is 48.7 Å². The lowest BCUT2D eigenvalue weighted by Crippen LogP contribution is -2.31. The van der Waals surface area contributed by atoms with Gasteiger partial charge in [0.1, 0.15) is 0 Å². The lowest BCUT2D eigenvalue weighted by molar-refractivity contribution is -0.130. The Balaban J connectivity index is 1.49. The molecule has 3 rings (SSSR count). The molecule has 6 nitrogen and oxygen atoms in total. The fraction of sp³-hybridized carbons (Fsp3) is 0.381. The predicted molar refractivity (Wildman–Crippen MR) is 106 cm³/mol. The number of hydrogen-bond acceptors (Lipinski definition) is 4. The van der Waals surface area contributed by atoms with Gasteiger partial charge in [0.05, 0.1) is 12.2 Å². The van der Waals surface area contributed by atoms with Crippen LogP contribution < -0.4 is 10.2 Å². The van der Waals surface area contributed by atoms with Gasteiger partial charge in [0.2, 0.25) is 11.8 Å². The lowest BCUT2D eigenvalue weighted by atomic mass is 10.2. The van der Waals surface area contributed by atoms with Gasteiger partial charge in [-0.25, -0.2) is 0 Å². The molecule has 1 aliphatic heterocycles. The maximum absolute atomic E-state index is 12.3. The number of rotatable bonds is 7. The quantitative estimate of drug-likeness (QED) is 0.818. The maximum Gasteiger partial charge on any atom is 0.226 e. The monoisotopic (exact) mass is 366 g/mol. The molecule has 1 N–H and O–H groups in total. The molecular formula is C21H26N4O2. The Morgan fingerprint density at radius 2 is 1.85 bits per heavy atom. The molecule has 142 valence electrons. The maximum atomic E-state index is 12.3. The summed E-state index contributed by atoms with van der Waals surface area (Å²) in [6, 6.07) is 13.6. The van der Waals surface area contributed by atoms with E-state index in [4.69, 9.17) is 0 Å². The smallest absolute Gasteiger partial charge is 0.226 e. The third kappa shape index (κ3) is 5.54. The molecule has 2 aromatic rings. The van der Waals surface area contributed by atoms with Crippen molar-refractivity contribution in [1.29, 1.82) is 0 Å². The molecule has 0 bridgehead atoms. The molecule has 1 fully saturated rings. The molecule has 2 amide bonds. The van der Waals surface area contributed by atoms with Crippen LogP contribution in [0.25, 0.3) is 0 Å². The highest BCUT2D eigenvalue weighted by molar-refractivity contribution is 5.91. The Kier molecular flexibility index (Phi) is 6.41. The van der Waals surface area contributed by atoms with E-state index in [9.17, 15) is 9.59 Å². The summed E-state index contributed by atoms with van der Waals surface area (Å²) in [6.07, 6.45) is 4.43. The minimum atomic E-state index is -0.101. The topological polar surface area (TPSA) is 65.5 Å². The van der Waals surface area contributed by atoms with Gasteiger partial charge in [0, 0.05) is 50.6 Å². The number of carbonyl (C=O) groups excluding carboxylic acids is 2. The zero-order valence-electron chi connectivity index (χ0n) is 15.7. The summed E-state index contributed by atoms with van der Waals surface area (Å²) < 4.78 is 0. The second-order valence-electron chi connectivity index (χ2n) is 6.80. The summed E-state index contributed by atoms with van der Waals surface area (Å²) in [4.78, 5) is 32.3. The summed E-state index contributed by atoms with van der Waals surface area (Å²) in [6.45, 7) is 4.49. The summed E-state index contributed by atoms with van der Waals surface area (Å²) >= 11 is 0. The van der Waals surface area contributed by atoms with Crippen LogP contribution in [0.5, 0.6) is 0 Å². The van der Waals surface area contributed by atoms with E-state index >= 15 is 0 Å². The van der Waals surface area contributed by atoms with E-state index < -0.39 is 0 Å². The number of hydrogen-bond donors (Lipinski definition) is 1. The first kappa shape index (κ1) is 18.9. The third-order valence-corrected chi connectivity index (χ3v) is 4.76. The summed E-state index contributed by atoms with van der Waals surface area (Å²) in [5.74, 6) is -0.167. The van der Waals surface area contributed by atoms with Gasteiger partial charge in [0.15, 0.2) is 0 Å². The van der Waals surface area contributed by atoms with Crippen molar-refractivity contribution in [2.75, 3.05) is 29.9 Å².